The van der Waals surface area contributed by atoms with E-state index in [1.807, 2.05) is 40.7 Å². The zero-order valence-corrected chi connectivity index (χ0v) is 13.3. The van der Waals surface area contributed by atoms with Crippen molar-refractivity contribution in [1.29, 1.82) is 0 Å². The molecular weight excluding hydrogens is 262 g/mol. The van der Waals surface area contributed by atoms with Crippen molar-refractivity contribution >= 4 is 10.0 Å². The molecular formula is C14H23NO3S. The second kappa shape index (κ2) is 6.03. The van der Waals surface area contributed by atoms with Crippen molar-refractivity contribution in [2.75, 3.05) is 13.7 Å². The van der Waals surface area contributed by atoms with Gasteiger partial charge in [0.05, 0.1) is 11.0 Å². The quantitative estimate of drug-likeness (QED) is 0.902. The van der Waals surface area contributed by atoms with Crippen LogP contribution in [0.5, 0.6) is 0 Å². The molecule has 0 aliphatic carbocycles. The molecule has 1 aromatic carbocycles. The highest BCUT2D eigenvalue weighted by Gasteiger charge is 2.22. The van der Waals surface area contributed by atoms with Gasteiger partial charge >= 0.3 is 0 Å². The Bertz CT molecular complexity index is 538. The van der Waals surface area contributed by atoms with Gasteiger partial charge in [-0.05, 0) is 56.9 Å². The molecule has 0 aromatic heterocycles. The van der Waals surface area contributed by atoms with Gasteiger partial charge in [0.15, 0.2) is 0 Å². The number of methoxy groups -OCH3 is 1. The molecule has 0 bridgehead atoms. The summed E-state index contributed by atoms with van der Waals surface area (Å²) in [6.45, 7) is 9.64. The largest absolute Gasteiger partial charge is 0.380 e. The predicted octanol–water partition coefficient (Wildman–Crippen LogP) is 2.23. The third-order valence-corrected chi connectivity index (χ3v) is 5.23. The van der Waals surface area contributed by atoms with Gasteiger partial charge < -0.3 is 4.74 Å². The van der Waals surface area contributed by atoms with Gasteiger partial charge in [-0.15, -0.1) is 0 Å². The second-order valence-corrected chi connectivity index (χ2v) is 6.69. The number of ether oxygens (including phenoxy) is 1. The molecule has 1 aromatic rings. The molecule has 19 heavy (non-hydrogen) atoms. The minimum absolute atomic E-state index is 0.152. The van der Waals surface area contributed by atoms with E-state index >= 15 is 0 Å². The van der Waals surface area contributed by atoms with Crippen LogP contribution in [0, 0.1) is 27.7 Å². The SMILES string of the molecule is COC(C)CNS(=O)(=O)c1c(C)c(C)cc(C)c1C. The molecule has 4 nitrogen and oxygen atoms in total. The molecule has 0 saturated heterocycles. The van der Waals surface area contributed by atoms with Crippen LogP contribution in [-0.4, -0.2) is 28.2 Å². The van der Waals surface area contributed by atoms with Gasteiger partial charge in [-0.3, -0.25) is 0 Å². The lowest BCUT2D eigenvalue weighted by atomic mass is 10.0. The fourth-order valence-corrected chi connectivity index (χ4v) is 3.69. The normalized spacial score (nSPS) is 13.6. The Labute approximate surface area is 116 Å². The molecule has 5 heteroatoms. The Morgan fingerprint density at radius 1 is 1.16 bits per heavy atom. The van der Waals surface area contributed by atoms with E-state index in [0.717, 1.165) is 22.3 Å². The summed E-state index contributed by atoms with van der Waals surface area (Å²) in [7, 11) is -1.94. The second-order valence-electron chi connectivity index (χ2n) is 4.99. The standard InChI is InChI=1S/C14H23NO3S/c1-9-7-10(2)13(5)14(12(9)4)19(16,17)15-8-11(3)18-6/h7,11,15H,8H2,1-6H3. The van der Waals surface area contributed by atoms with Gasteiger partial charge in [0.25, 0.3) is 0 Å². The fraction of sp³-hybridized carbons (Fsp3) is 0.571. The fourth-order valence-electron chi connectivity index (χ4n) is 1.97. The van der Waals surface area contributed by atoms with Crippen LogP contribution in [-0.2, 0) is 14.8 Å². The number of hydrogen-bond donors (Lipinski definition) is 1. The Morgan fingerprint density at radius 3 is 2.05 bits per heavy atom. The Morgan fingerprint density at radius 2 is 1.63 bits per heavy atom. The first-order chi connectivity index (χ1) is 8.70. The average molecular weight is 285 g/mol. The first kappa shape index (κ1) is 16.1. The lowest BCUT2D eigenvalue weighted by Gasteiger charge is -2.17. The minimum Gasteiger partial charge on any atom is -0.380 e. The lowest BCUT2D eigenvalue weighted by molar-refractivity contribution is 0.122. The van der Waals surface area contributed by atoms with Crippen molar-refractivity contribution in [3.63, 3.8) is 0 Å². The maximum atomic E-state index is 12.4. The van der Waals surface area contributed by atoms with E-state index in [4.69, 9.17) is 4.74 Å². The topological polar surface area (TPSA) is 55.4 Å². The van der Waals surface area contributed by atoms with Crippen LogP contribution < -0.4 is 4.72 Å². The van der Waals surface area contributed by atoms with E-state index in [-0.39, 0.29) is 12.6 Å². The average Bonchev–Trinajstić information content (AvgIpc) is 2.33. The highest BCUT2D eigenvalue weighted by Crippen LogP contribution is 2.25. The van der Waals surface area contributed by atoms with Crippen LogP contribution in [0.15, 0.2) is 11.0 Å². The number of rotatable bonds is 5. The third-order valence-electron chi connectivity index (χ3n) is 3.53. The van der Waals surface area contributed by atoms with Crippen LogP contribution in [0.1, 0.15) is 29.2 Å². The van der Waals surface area contributed by atoms with E-state index < -0.39 is 10.0 Å². The third kappa shape index (κ3) is 3.55. The van der Waals surface area contributed by atoms with Crippen molar-refractivity contribution in [3.05, 3.63) is 28.3 Å². The van der Waals surface area contributed by atoms with Crippen LogP contribution in [0.3, 0.4) is 0 Å². The van der Waals surface area contributed by atoms with Crippen molar-refractivity contribution in [3.8, 4) is 0 Å². The summed E-state index contributed by atoms with van der Waals surface area (Å²) in [5.41, 5.74) is 3.59. The van der Waals surface area contributed by atoms with Crippen LogP contribution >= 0.6 is 0 Å². The molecule has 0 aliphatic rings. The van der Waals surface area contributed by atoms with E-state index in [2.05, 4.69) is 4.72 Å². The van der Waals surface area contributed by atoms with Crippen LogP contribution in [0.4, 0.5) is 0 Å². The maximum absolute atomic E-state index is 12.4. The van der Waals surface area contributed by atoms with Gasteiger partial charge in [0, 0.05) is 13.7 Å². The van der Waals surface area contributed by atoms with E-state index in [0.29, 0.717) is 4.90 Å². The lowest BCUT2D eigenvalue weighted by Crippen LogP contribution is -2.32. The van der Waals surface area contributed by atoms with Gasteiger partial charge in [0.2, 0.25) is 10.0 Å². The molecule has 1 unspecified atom stereocenters. The first-order valence-electron chi connectivity index (χ1n) is 6.30. The molecule has 0 heterocycles. The highest BCUT2D eigenvalue weighted by molar-refractivity contribution is 7.89. The molecule has 1 rings (SSSR count). The molecule has 0 spiro atoms. The van der Waals surface area contributed by atoms with E-state index in [1.54, 1.807) is 7.11 Å². The zero-order valence-electron chi connectivity index (χ0n) is 12.5. The predicted molar refractivity (Wildman–Crippen MR) is 77.0 cm³/mol. The summed E-state index contributed by atoms with van der Waals surface area (Å²) in [5, 5.41) is 0. The number of sulfonamides is 1. The summed E-state index contributed by atoms with van der Waals surface area (Å²) in [4.78, 5) is 0.397. The van der Waals surface area contributed by atoms with Crippen molar-refractivity contribution in [1.82, 2.24) is 4.72 Å². The summed E-state index contributed by atoms with van der Waals surface area (Å²) < 4.78 is 32.5. The summed E-state index contributed by atoms with van der Waals surface area (Å²) in [6.07, 6.45) is -0.152. The molecule has 1 atom stereocenters. The Hall–Kier alpha value is -0.910. The van der Waals surface area contributed by atoms with Crippen molar-refractivity contribution in [2.24, 2.45) is 0 Å². The Balaban J connectivity index is 3.22. The maximum Gasteiger partial charge on any atom is 0.241 e. The molecule has 0 aliphatic heterocycles. The molecule has 108 valence electrons. The Kier molecular flexibility index (Phi) is 5.12. The van der Waals surface area contributed by atoms with Gasteiger partial charge in [0.1, 0.15) is 0 Å². The van der Waals surface area contributed by atoms with Crippen molar-refractivity contribution < 1.29 is 13.2 Å². The summed E-state index contributed by atoms with van der Waals surface area (Å²) in [6, 6.07) is 2.02. The van der Waals surface area contributed by atoms with Crippen LogP contribution in [0.25, 0.3) is 0 Å². The van der Waals surface area contributed by atoms with Gasteiger partial charge in [-0.2, -0.15) is 0 Å². The highest BCUT2D eigenvalue weighted by atomic mass is 32.2. The van der Waals surface area contributed by atoms with Gasteiger partial charge in [-0.1, -0.05) is 6.07 Å². The minimum atomic E-state index is -3.50. The van der Waals surface area contributed by atoms with Crippen molar-refractivity contribution in [2.45, 2.75) is 45.6 Å². The van der Waals surface area contributed by atoms with Crippen LogP contribution in [0.2, 0.25) is 0 Å². The summed E-state index contributed by atoms with van der Waals surface area (Å²) >= 11 is 0. The molecule has 0 amide bonds. The number of nitrogens with one attached hydrogen (secondary N) is 1. The van der Waals surface area contributed by atoms with Gasteiger partial charge in [-0.25, -0.2) is 13.1 Å². The molecule has 0 radical (unpaired) electrons. The van der Waals surface area contributed by atoms with E-state index in [9.17, 15) is 8.42 Å². The molecule has 0 fully saturated rings. The number of hydrogen-bond acceptors (Lipinski definition) is 3. The zero-order chi connectivity index (χ0) is 14.8. The number of benzene rings is 1. The van der Waals surface area contributed by atoms with E-state index in [1.165, 1.54) is 0 Å². The molecule has 1 N–H and O–H groups in total. The first-order valence-corrected chi connectivity index (χ1v) is 7.79. The summed E-state index contributed by atoms with van der Waals surface area (Å²) in [5.74, 6) is 0. The molecule has 0 saturated carbocycles. The smallest absolute Gasteiger partial charge is 0.241 e. The monoisotopic (exact) mass is 285 g/mol. The number of aryl methyl sites for hydroxylation is 2.